The van der Waals surface area contributed by atoms with Crippen LogP contribution in [0.25, 0.3) is 0 Å². The molecule has 0 heterocycles. The van der Waals surface area contributed by atoms with E-state index in [1.54, 1.807) is 0 Å². The number of nitrogens with one attached hydrogen (secondary N) is 1. The molecule has 0 unspecified atom stereocenters. The van der Waals surface area contributed by atoms with E-state index in [0.717, 1.165) is 17.9 Å². The molecule has 110 valence electrons. The van der Waals surface area contributed by atoms with Gasteiger partial charge in [0.25, 0.3) is 0 Å². The maximum atomic E-state index is 6.27. The molecule has 1 aliphatic carbocycles. The van der Waals surface area contributed by atoms with Crippen LogP contribution in [0.4, 0.5) is 5.69 Å². The second-order valence-corrected chi connectivity index (χ2v) is 6.72. The Bertz CT molecular complexity index is 597. The standard InChI is InChI=1S/C19H22ClN/c1-13(2)14-7-9-16(10-8-14)21-17-11-15(12-17)18-5-3-4-6-19(18)20/h3-10,13,15,17,21H,11-12H2,1-2H3. The molecule has 2 aromatic carbocycles. The number of anilines is 1. The molecule has 0 aliphatic heterocycles. The number of halogens is 1. The molecule has 1 nitrogen and oxygen atoms in total. The lowest BCUT2D eigenvalue weighted by Gasteiger charge is -2.37. The molecule has 0 spiro atoms. The van der Waals surface area contributed by atoms with E-state index in [-0.39, 0.29) is 0 Å². The summed E-state index contributed by atoms with van der Waals surface area (Å²) in [5.41, 5.74) is 3.91. The van der Waals surface area contributed by atoms with Gasteiger partial charge in [0.05, 0.1) is 0 Å². The Labute approximate surface area is 132 Å². The van der Waals surface area contributed by atoms with E-state index in [9.17, 15) is 0 Å². The number of hydrogen-bond donors (Lipinski definition) is 1. The first kappa shape index (κ1) is 14.5. The molecule has 2 aromatic rings. The fourth-order valence-corrected chi connectivity index (χ4v) is 3.29. The normalized spacial score (nSPS) is 21.1. The van der Waals surface area contributed by atoms with Crippen molar-refractivity contribution in [2.45, 2.75) is 44.6 Å². The van der Waals surface area contributed by atoms with Crippen LogP contribution in [-0.2, 0) is 0 Å². The van der Waals surface area contributed by atoms with Gasteiger partial charge in [-0.05, 0) is 54.0 Å². The zero-order chi connectivity index (χ0) is 14.8. The zero-order valence-electron chi connectivity index (χ0n) is 12.6. The molecular weight excluding hydrogens is 278 g/mol. The van der Waals surface area contributed by atoms with Crippen LogP contribution in [0.2, 0.25) is 5.02 Å². The van der Waals surface area contributed by atoms with Gasteiger partial charge in [0.2, 0.25) is 0 Å². The predicted octanol–water partition coefficient (Wildman–Crippen LogP) is 5.82. The van der Waals surface area contributed by atoms with Crippen LogP contribution in [0.15, 0.2) is 48.5 Å². The monoisotopic (exact) mass is 299 g/mol. The Balaban J connectivity index is 1.56. The van der Waals surface area contributed by atoms with Gasteiger partial charge < -0.3 is 5.32 Å². The summed E-state index contributed by atoms with van der Waals surface area (Å²) < 4.78 is 0. The fraction of sp³-hybridized carbons (Fsp3) is 0.368. The molecule has 3 rings (SSSR count). The van der Waals surface area contributed by atoms with Gasteiger partial charge in [-0.25, -0.2) is 0 Å². The van der Waals surface area contributed by atoms with E-state index in [0.29, 0.717) is 17.9 Å². The van der Waals surface area contributed by atoms with Crippen molar-refractivity contribution in [2.75, 3.05) is 5.32 Å². The summed E-state index contributed by atoms with van der Waals surface area (Å²) in [7, 11) is 0. The topological polar surface area (TPSA) is 12.0 Å². The van der Waals surface area contributed by atoms with E-state index in [1.807, 2.05) is 12.1 Å². The van der Waals surface area contributed by atoms with Gasteiger partial charge in [-0.1, -0.05) is 55.8 Å². The largest absolute Gasteiger partial charge is 0.382 e. The second kappa shape index (κ2) is 6.11. The van der Waals surface area contributed by atoms with E-state index < -0.39 is 0 Å². The lowest BCUT2D eigenvalue weighted by molar-refractivity contribution is 0.374. The molecule has 2 heteroatoms. The Morgan fingerprint density at radius 3 is 2.29 bits per heavy atom. The number of hydrogen-bond acceptors (Lipinski definition) is 1. The molecule has 1 N–H and O–H groups in total. The van der Waals surface area contributed by atoms with Gasteiger partial charge in [-0.15, -0.1) is 0 Å². The summed E-state index contributed by atoms with van der Waals surface area (Å²) in [6, 6.07) is 17.6. The summed E-state index contributed by atoms with van der Waals surface area (Å²) in [6.07, 6.45) is 2.32. The Kier molecular flexibility index (Phi) is 4.21. The van der Waals surface area contributed by atoms with Crippen LogP contribution in [0.3, 0.4) is 0 Å². The van der Waals surface area contributed by atoms with E-state index in [2.05, 4.69) is 55.6 Å². The van der Waals surface area contributed by atoms with Gasteiger partial charge in [0.15, 0.2) is 0 Å². The summed E-state index contributed by atoms with van der Waals surface area (Å²) >= 11 is 6.27. The van der Waals surface area contributed by atoms with Crippen molar-refractivity contribution in [3.63, 3.8) is 0 Å². The highest BCUT2D eigenvalue weighted by Crippen LogP contribution is 2.41. The van der Waals surface area contributed by atoms with E-state index in [1.165, 1.54) is 16.8 Å². The molecule has 0 saturated heterocycles. The minimum atomic E-state index is 0.566. The third kappa shape index (κ3) is 3.24. The molecule has 21 heavy (non-hydrogen) atoms. The number of benzene rings is 2. The molecule has 1 saturated carbocycles. The van der Waals surface area contributed by atoms with E-state index >= 15 is 0 Å². The maximum Gasteiger partial charge on any atom is 0.0440 e. The molecule has 0 aromatic heterocycles. The van der Waals surface area contributed by atoms with Gasteiger partial charge in [0.1, 0.15) is 0 Å². The highest BCUT2D eigenvalue weighted by molar-refractivity contribution is 6.31. The van der Waals surface area contributed by atoms with Gasteiger partial charge in [-0.2, -0.15) is 0 Å². The van der Waals surface area contributed by atoms with Gasteiger partial charge in [0, 0.05) is 16.8 Å². The predicted molar refractivity (Wildman–Crippen MR) is 91.4 cm³/mol. The van der Waals surface area contributed by atoms with Gasteiger partial charge >= 0.3 is 0 Å². The summed E-state index contributed by atoms with van der Waals surface area (Å²) in [6.45, 7) is 4.45. The molecular formula is C19H22ClN. The average Bonchev–Trinajstić information content (AvgIpc) is 2.44. The van der Waals surface area contributed by atoms with Crippen molar-refractivity contribution in [2.24, 2.45) is 0 Å². The van der Waals surface area contributed by atoms with Crippen LogP contribution in [0, 0.1) is 0 Å². The minimum absolute atomic E-state index is 0.566. The molecule has 1 aliphatic rings. The molecule has 0 atom stereocenters. The average molecular weight is 300 g/mol. The summed E-state index contributed by atoms with van der Waals surface area (Å²) in [5, 5.41) is 4.53. The van der Waals surface area contributed by atoms with Crippen molar-refractivity contribution in [1.29, 1.82) is 0 Å². The smallest absolute Gasteiger partial charge is 0.0440 e. The van der Waals surface area contributed by atoms with Crippen molar-refractivity contribution >= 4 is 17.3 Å². The van der Waals surface area contributed by atoms with Gasteiger partial charge in [-0.3, -0.25) is 0 Å². The molecule has 0 bridgehead atoms. The Hall–Kier alpha value is -1.47. The van der Waals surface area contributed by atoms with Crippen LogP contribution < -0.4 is 5.32 Å². The maximum absolute atomic E-state index is 6.27. The van der Waals surface area contributed by atoms with Crippen LogP contribution in [-0.4, -0.2) is 6.04 Å². The molecule has 0 amide bonds. The van der Waals surface area contributed by atoms with Crippen LogP contribution in [0.1, 0.15) is 49.7 Å². The van der Waals surface area contributed by atoms with Crippen molar-refractivity contribution < 1.29 is 0 Å². The van der Waals surface area contributed by atoms with E-state index in [4.69, 9.17) is 11.6 Å². The zero-order valence-corrected chi connectivity index (χ0v) is 13.4. The highest BCUT2D eigenvalue weighted by atomic mass is 35.5. The first-order valence-corrected chi connectivity index (χ1v) is 8.12. The summed E-state index contributed by atoms with van der Waals surface area (Å²) in [4.78, 5) is 0. The highest BCUT2D eigenvalue weighted by Gasteiger charge is 2.31. The first-order chi connectivity index (χ1) is 10.1. The Morgan fingerprint density at radius 2 is 1.67 bits per heavy atom. The lowest BCUT2D eigenvalue weighted by Crippen LogP contribution is -2.34. The van der Waals surface area contributed by atoms with Crippen LogP contribution in [0.5, 0.6) is 0 Å². The Morgan fingerprint density at radius 1 is 1.00 bits per heavy atom. The first-order valence-electron chi connectivity index (χ1n) is 7.74. The molecule has 0 radical (unpaired) electrons. The fourth-order valence-electron chi connectivity index (χ4n) is 3.00. The van der Waals surface area contributed by atoms with Crippen molar-refractivity contribution in [3.8, 4) is 0 Å². The quantitative estimate of drug-likeness (QED) is 0.750. The van der Waals surface area contributed by atoms with Crippen LogP contribution >= 0.6 is 11.6 Å². The summed E-state index contributed by atoms with van der Waals surface area (Å²) in [5.74, 6) is 1.19. The third-order valence-corrected chi connectivity index (χ3v) is 4.78. The SMILES string of the molecule is CC(C)c1ccc(NC2CC(c3ccccc3Cl)C2)cc1. The molecule has 1 fully saturated rings. The second-order valence-electron chi connectivity index (χ2n) is 6.31. The number of rotatable bonds is 4. The third-order valence-electron chi connectivity index (χ3n) is 4.43. The van der Waals surface area contributed by atoms with Crippen molar-refractivity contribution in [1.82, 2.24) is 0 Å². The minimum Gasteiger partial charge on any atom is -0.382 e. The lowest BCUT2D eigenvalue weighted by atomic mass is 9.76. The van der Waals surface area contributed by atoms with Crippen molar-refractivity contribution in [3.05, 3.63) is 64.7 Å².